The Labute approximate surface area is 166 Å². The van der Waals surface area contributed by atoms with Crippen LogP contribution in [-0.4, -0.2) is 44.7 Å². The van der Waals surface area contributed by atoms with Gasteiger partial charge in [0.15, 0.2) is 6.04 Å². The Bertz CT molecular complexity index is 848. The minimum atomic E-state index is -0.104. The number of nitrogens with one attached hydrogen (secondary N) is 3. The van der Waals surface area contributed by atoms with E-state index in [1.165, 1.54) is 10.5 Å². The average molecular weight is 377 g/mol. The van der Waals surface area contributed by atoms with Crippen LogP contribution in [-0.2, 0) is 4.79 Å². The third-order valence-electron chi connectivity index (χ3n) is 5.38. The Morgan fingerprint density at radius 1 is 1.14 bits per heavy atom. The Morgan fingerprint density at radius 2 is 1.89 bits per heavy atom. The average Bonchev–Trinajstić information content (AvgIpc) is 2.74. The lowest BCUT2D eigenvalue weighted by atomic mass is 10.2. The van der Waals surface area contributed by atoms with Crippen LogP contribution in [0.15, 0.2) is 60.7 Å². The lowest BCUT2D eigenvalue weighted by Gasteiger charge is -2.32. The van der Waals surface area contributed by atoms with Crippen molar-refractivity contribution in [2.24, 2.45) is 0 Å². The molecule has 1 amide bonds. The highest BCUT2D eigenvalue weighted by molar-refractivity contribution is 5.93. The molecule has 1 aliphatic rings. The summed E-state index contributed by atoms with van der Waals surface area (Å²) in [6.45, 7) is 7.11. The lowest BCUT2D eigenvalue weighted by molar-refractivity contribution is -1.02. The van der Waals surface area contributed by atoms with Crippen LogP contribution < -0.4 is 15.1 Å². The zero-order valence-corrected chi connectivity index (χ0v) is 16.3. The highest BCUT2D eigenvalue weighted by Gasteiger charge is 2.30. The molecule has 1 fully saturated rings. The first-order valence-electron chi connectivity index (χ1n) is 9.86. The van der Waals surface area contributed by atoms with Crippen molar-refractivity contribution in [3.8, 4) is 6.07 Å². The summed E-state index contributed by atoms with van der Waals surface area (Å²) in [4.78, 5) is 15.5. The molecule has 0 bridgehead atoms. The first kappa shape index (κ1) is 19.8. The molecule has 1 aliphatic heterocycles. The number of nitrogens with zero attached hydrogens (tertiary/aromatic N) is 1. The van der Waals surface area contributed by atoms with Gasteiger partial charge in [-0.2, -0.15) is 5.26 Å². The van der Waals surface area contributed by atoms with Gasteiger partial charge in [-0.1, -0.05) is 42.5 Å². The molecule has 28 heavy (non-hydrogen) atoms. The molecule has 1 heterocycles. The monoisotopic (exact) mass is 376 g/mol. The van der Waals surface area contributed by atoms with E-state index in [1.54, 1.807) is 23.1 Å². The van der Waals surface area contributed by atoms with Gasteiger partial charge >= 0.3 is 0 Å². The van der Waals surface area contributed by atoms with Gasteiger partial charge in [0.25, 0.3) is 5.91 Å². The van der Waals surface area contributed by atoms with Crippen molar-refractivity contribution < 1.29 is 14.6 Å². The Morgan fingerprint density at radius 3 is 2.61 bits per heavy atom. The first-order chi connectivity index (χ1) is 13.7. The van der Waals surface area contributed by atoms with Gasteiger partial charge in [-0.25, -0.2) is 0 Å². The molecule has 3 rings (SSSR count). The highest BCUT2D eigenvalue weighted by atomic mass is 16.2. The number of carbonyl (C=O) groups excluding carboxylic acids is 1. The van der Waals surface area contributed by atoms with Crippen LogP contribution in [0.4, 0.5) is 5.69 Å². The zero-order chi connectivity index (χ0) is 19.8. The number of benzene rings is 2. The second-order valence-electron chi connectivity index (χ2n) is 7.33. The fourth-order valence-electron chi connectivity index (χ4n) is 3.59. The lowest BCUT2D eigenvalue weighted by Crippen LogP contribution is -3.29. The number of amides is 1. The van der Waals surface area contributed by atoms with Crippen molar-refractivity contribution >= 4 is 17.7 Å². The van der Waals surface area contributed by atoms with Crippen LogP contribution in [0.5, 0.6) is 0 Å². The van der Waals surface area contributed by atoms with Crippen LogP contribution in [0.3, 0.4) is 0 Å². The molecule has 0 saturated carbocycles. The maximum atomic E-state index is 12.6. The third kappa shape index (κ3) is 5.53. The number of hydrogen-bond acceptors (Lipinski definition) is 2. The maximum absolute atomic E-state index is 12.6. The van der Waals surface area contributed by atoms with Gasteiger partial charge in [0.2, 0.25) is 0 Å². The summed E-state index contributed by atoms with van der Waals surface area (Å²) in [5.74, 6) is 0.0116. The molecule has 144 valence electrons. The van der Waals surface area contributed by atoms with Gasteiger partial charge in [0, 0.05) is 5.69 Å². The fraction of sp³-hybridized carbons (Fsp3) is 0.304. The van der Waals surface area contributed by atoms with E-state index in [4.69, 9.17) is 5.26 Å². The zero-order valence-electron chi connectivity index (χ0n) is 16.3. The van der Waals surface area contributed by atoms with Gasteiger partial charge in [-0.05, 0) is 36.8 Å². The van der Waals surface area contributed by atoms with Crippen molar-refractivity contribution in [1.29, 1.82) is 5.26 Å². The van der Waals surface area contributed by atoms with Crippen LogP contribution >= 0.6 is 0 Å². The summed E-state index contributed by atoms with van der Waals surface area (Å²) in [7, 11) is 0. The normalized spacial score (nSPS) is 20.4. The van der Waals surface area contributed by atoms with E-state index in [9.17, 15) is 4.79 Å². The van der Waals surface area contributed by atoms with Gasteiger partial charge < -0.3 is 15.1 Å². The molecule has 0 aromatic heterocycles. The number of carbonyl (C=O) groups is 1. The standard InChI is InChI=1S/C23H26N4O/c1-19(23(28)25-22-11-5-9-21(17-22)18-24)27-15-13-26(14-16-27)12-6-10-20-7-3-2-4-8-20/h2-11,17,19H,12-16H2,1H3,(H,25,28)/p+2/b10-6+/t19-/m0/s1. The topological polar surface area (TPSA) is 61.8 Å². The van der Waals surface area contributed by atoms with Crippen LogP contribution in [0.2, 0.25) is 0 Å². The fourth-order valence-corrected chi connectivity index (χ4v) is 3.59. The Kier molecular flexibility index (Phi) is 6.96. The quantitative estimate of drug-likeness (QED) is 0.683. The van der Waals surface area contributed by atoms with Crippen LogP contribution in [0.25, 0.3) is 6.08 Å². The van der Waals surface area contributed by atoms with E-state index < -0.39 is 0 Å². The van der Waals surface area contributed by atoms with Crippen LogP contribution in [0, 0.1) is 11.3 Å². The minimum Gasteiger partial charge on any atom is -0.322 e. The molecule has 2 aromatic carbocycles. The van der Waals surface area contributed by atoms with Crippen LogP contribution in [0.1, 0.15) is 18.1 Å². The molecular weight excluding hydrogens is 348 g/mol. The first-order valence-corrected chi connectivity index (χ1v) is 9.86. The molecule has 5 heteroatoms. The van der Waals surface area contributed by atoms with E-state index in [2.05, 4.69) is 47.8 Å². The smallest absolute Gasteiger partial charge is 0.282 e. The van der Waals surface area contributed by atoms with Crippen molar-refractivity contribution in [1.82, 2.24) is 0 Å². The third-order valence-corrected chi connectivity index (χ3v) is 5.38. The minimum absolute atomic E-state index is 0.0116. The number of piperazine rings is 1. The van der Waals surface area contributed by atoms with Gasteiger partial charge in [-0.15, -0.1) is 0 Å². The summed E-state index contributed by atoms with van der Waals surface area (Å²) in [6.07, 6.45) is 4.42. The molecule has 3 N–H and O–H groups in total. The second kappa shape index (κ2) is 9.84. The van der Waals surface area contributed by atoms with E-state index in [0.29, 0.717) is 11.3 Å². The number of nitriles is 1. The number of quaternary nitrogens is 2. The highest BCUT2D eigenvalue weighted by Crippen LogP contribution is 2.09. The molecular formula is C23H28N4O+2. The second-order valence-corrected chi connectivity index (χ2v) is 7.33. The molecule has 1 atom stereocenters. The molecule has 5 nitrogen and oxygen atoms in total. The van der Waals surface area contributed by atoms with E-state index in [0.717, 1.165) is 32.7 Å². The summed E-state index contributed by atoms with van der Waals surface area (Å²) < 4.78 is 0. The Hall–Kier alpha value is -2.94. The van der Waals surface area contributed by atoms with Gasteiger partial charge in [0.05, 0.1) is 18.2 Å². The summed E-state index contributed by atoms with van der Waals surface area (Å²) >= 11 is 0. The largest absolute Gasteiger partial charge is 0.322 e. The summed E-state index contributed by atoms with van der Waals surface area (Å²) in [5.41, 5.74) is 2.47. The molecule has 0 radical (unpaired) electrons. The summed E-state index contributed by atoms with van der Waals surface area (Å²) in [6, 6.07) is 19.4. The van der Waals surface area contributed by atoms with Crippen molar-refractivity contribution in [2.75, 3.05) is 38.0 Å². The number of rotatable bonds is 6. The van der Waals surface area contributed by atoms with E-state index in [1.807, 2.05) is 19.1 Å². The predicted molar refractivity (Wildman–Crippen MR) is 111 cm³/mol. The van der Waals surface area contributed by atoms with Crippen molar-refractivity contribution in [3.63, 3.8) is 0 Å². The van der Waals surface area contributed by atoms with E-state index >= 15 is 0 Å². The van der Waals surface area contributed by atoms with Crippen molar-refractivity contribution in [2.45, 2.75) is 13.0 Å². The van der Waals surface area contributed by atoms with Gasteiger partial charge in [0.1, 0.15) is 26.2 Å². The number of anilines is 1. The number of hydrogen-bond donors (Lipinski definition) is 3. The van der Waals surface area contributed by atoms with Crippen molar-refractivity contribution in [3.05, 3.63) is 71.8 Å². The molecule has 0 unspecified atom stereocenters. The van der Waals surface area contributed by atoms with Gasteiger partial charge in [-0.3, -0.25) is 4.79 Å². The molecule has 1 saturated heterocycles. The predicted octanol–water partition coefficient (Wildman–Crippen LogP) is 0.382. The molecule has 0 spiro atoms. The molecule has 2 aromatic rings. The SMILES string of the molecule is C[C@@H](C(=O)Nc1cccc(C#N)c1)[NH+]1CC[NH+](C/C=C/c2ccccc2)CC1. The molecule has 0 aliphatic carbocycles. The van der Waals surface area contributed by atoms with E-state index in [-0.39, 0.29) is 11.9 Å². The Balaban J connectivity index is 1.45. The summed E-state index contributed by atoms with van der Waals surface area (Å²) in [5, 5.41) is 11.9. The maximum Gasteiger partial charge on any atom is 0.282 e.